The number of benzene rings is 2. The number of rotatable bonds is 8. The van der Waals surface area contributed by atoms with Gasteiger partial charge in [0.1, 0.15) is 12.4 Å². The van der Waals surface area contributed by atoms with E-state index in [4.69, 9.17) is 4.74 Å². The summed E-state index contributed by atoms with van der Waals surface area (Å²) in [5.41, 5.74) is 2.33. The van der Waals surface area contributed by atoms with Gasteiger partial charge in [-0.15, -0.1) is 12.4 Å². The standard InChI is InChI=1S/C18H22N2O2.ClH/c1-19-13-18(21)20-12-11-15-7-9-17(10-8-15)22-14-16-5-3-2-4-6-16;/h2-10,19H,11-14H2,1H3,(H,20,21);1H. The molecule has 2 rings (SSSR count). The second-order valence-corrected chi connectivity index (χ2v) is 5.05. The quantitative estimate of drug-likeness (QED) is 0.780. The van der Waals surface area contributed by atoms with Crippen molar-refractivity contribution in [3.8, 4) is 5.75 Å². The van der Waals surface area contributed by atoms with Crippen LogP contribution in [-0.4, -0.2) is 26.0 Å². The Morgan fingerprint density at radius 2 is 1.70 bits per heavy atom. The minimum Gasteiger partial charge on any atom is -0.489 e. The van der Waals surface area contributed by atoms with Gasteiger partial charge in [-0.2, -0.15) is 0 Å². The van der Waals surface area contributed by atoms with Crippen molar-refractivity contribution in [2.24, 2.45) is 0 Å². The van der Waals surface area contributed by atoms with Crippen molar-refractivity contribution in [2.45, 2.75) is 13.0 Å². The molecule has 0 saturated heterocycles. The molecule has 1 amide bonds. The second kappa shape index (κ2) is 10.6. The maximum Gasteiger partial charge on any atom is 0.233 e. The van der Waals surface area contributed by atoms with Crippen LogP contribution in [0.15, 0.2) is 54.6 Å². The fraction of sp³-hybridized carbons (Fsp3) is 0.278. The first-order valence-corrected chi connectivity index (χ1v) is 7.45. The van der Waals surface area contributed by atoms with Crippen molar-refractivity contribution in [2.75, 3.05) is 20.1 Å². The molecule has 0 heterocycles. The SMILES string of the molecule is CNCC(=O)NCCc1ccc(OCc2ccccc2)cc1.Cl. The summed E-state index contributed by atoms with van der Waals surface area (Å²) in [6, 6.07) is 18.1. The highest BCUT2D eigenvalue weighted by Gasteiger charge is 2.00. The van der Waals surface area contributed by atoms with Crippen molar-refractivity contribution in [1.29, 1.82) is 0 Å². The van der Waals surface area contributed by atoms with Crippen molar-refractivity contribution >= 4 is 18.3 Å². The molecule has 2 N–H and O–H groups in total. The molecular weight excluding hydrogens is 312 g/mol. The number of nitrogens with one attached hydrogen (secondary N) is 2. The van der Waals surface area contributed by atoms with Gasteiger partial charge in [-0.1, -0.05) is 42.5 Å². The lowest BCUT2D eigenvalue weighted by Crippen LogP contribution is -2.33. The van der Waals surface area contributed by atoms with Crippen LogP contribution in [0.3, 0.4) is 0 Å². The van der Waals surface area contributed by atoms with Gasteiger partial charge >= 0.3 is 0 Å². The van der Waals surface area contributed by atoms with Crippen LogP contribution in [0, 0.1) is 0 Å². The summed E-state index contributed by atoms with van der Waals surface area (Å²) in [7, 11) is 1.76. The maximum absolute atomic E-state index is 11.3. The molecule has 0 fully saturated rings. The number of ether oxygens (including phenoxy) is 1. The third-order valence-electron chi connectivity index (χ3n) is 3.24. The Bertz CT molecular complexity index is 573. The fourth-order valence-corrected chi connectivity index (χ4v) is 2.06. The van der Waals surface area contributed by atoms with E-state index < -0.39 is 0 Å². The van der Waals surface area contributed by atoms with Crippen molar-refractivity contribution in [3.05, 3.63) is 65.7 Å². The molecule has 23 heavy (non-hydrogen) atoms. The number of halogens is 1. The van der Waals surface area contributed by atoms with Crippen LogP contribution in [0.25, 0.3) is 0 Å². The molecular formula is C18H23ClN2O2. The molecule has 0 aliphatic carbocycles. The van der Waals surface area contributed by atoms with E-state index in [1.165, 1.54) is 5.56 Å². The second-order valence-electron chi connectivity index (χ2n) is 5.05. The Balaban J connectivity index is 0.00000264. The third kappa shape index (κ3) is 7.17. The Hall–Kier alpha value is -2.04. The Kier molecular flexibility index (Phi) is 8.80. The van der Waals surface area contributed by atoms with E-state index in [1.807, 2.05) is 54.6 Å². The fourth-order valence-electron chi connectivity index (χ4n) is 2.06. The third-order valence-corrected chi connectivity index (χ3v) is 3.24. The maximum atomic E-state index is 11.3. The number of amides is 1. The van der Waals surface area contributed by atoms with Crippen LogP contribution in [0.4, 0.5) is 0 Å². The minimum atomic E-state index is 0. The van der Waals surface area contributed by atoms with Gasteiger partial charge in [0.25, 0.3) is 0 Å². The van der Waals surface area contributed by atoms with E-state index >= 15 is 0 Å². The zero-order chi connectivity index (χ0) is 15.6. The van der Waals surface area contributed by atoms with E-state index in [0.29, 0.717) is 19.7 Å². The van der Waals surface area contributed by atoms with Crippen LogP contribution >= 0.6 is 12.4 Å². The summed E-state index contributed by atoms with van der Waals surface area (Å²) in [5.74, 6) is 0.872. The van der Waals surface area contributed by atoms with Gasteiger partial charge < -0.3 is 15.4 Å². The lowest BCUT2D eigenvalue weighted by atomic mass is 10.1. The van der Waals surface area contributed by atoms with Gasteiger partial charge in [-0.3, -0.25) is 4.79 Å². The Morgan fingerprint density at radius 3 is 2.35 bits per heavy atom. The van der Waals surface area contributed by atoms with Gasteiger partial charge in [-0.05, 0) is 36.7 Å². The molecule has 2 aromatic rings. The Labute approximate surface area is 143 Å². The number of likely N-dealkylation sites (N-methyl/N-ethyl adjacent to an activating group) is 1. The minimum absolute atomic E-state index is 0. The molecule has 0 aromatic heterocycles. The van der Waals surface area contributed by atoms with Crippen molar-refractivity contribution < 1.29 is 9.53 Å². The van der Waals surface area contributed by atoms with E-state index in [2.05, 4.69) is 10.6 Å². The van der Waals surface area contributed by atoms with Gasteiger partial charge in [-0.25, -0.2) is 0 Å². The van der Waals surface area contributed by atoms with Gasteiger partial charge in [0.2, 0.25) is 5.91 Å². The Morgan fingerprint density at radius 1 is 1.00 bits per heavy atom. The van der Waals surface area contributed by atoms with E-state index in [-0.39, 0.29) is 18.3 Å². The zero-order valence-electron chi connectivity index (χ0n) is 13.2. The topological polar surface area (TPSA) is 50.4 Å². The van der Waals surface area contributed by atoms with Crippen LogP contribution in [0.5, 0.6) is 5.75 Å². The molecule has 4 nitrogen and oxygen atoms in total. The zero-order valence-corrected chi connectivity index (χ0v) is 14.1. The molecule has 0 unspecified atom stereocenters. The molecule has 0 aliphatic rings. The van der Waals surface area contributed by atoms with Crippen LogP contribution < -0.4 is 15.4 Å². The molecule has 0 atom stereocenters. The van der Waals surface area contributed by atoms with Gasteiger partial charge in [0, 0.05) is 6.54 Å². The summed E-state index contributed by atoms with van der Waals surface area (Å²) in [6.07, 6.45) is 0.814. The smallest absolute Gasteiger partial charge is 0.233 e. The van der Waals surface area contributed by atoms with Gasteiger partial charge in [0.05, 0.1) is 6.54 Å². The first kappa shape index (κ1) is 19.0. The van der Waals surface area contributed by atoms with Crippen LogP contribution in [-0.2, 0) is 17.8 Å². The normalized spacial score (nSPS) is 9.78. The first-order chi connectivity index (χ1) is 10.8. The molecule has 124 valence electrons. The average molecular weight is 335 g/mol. The number of hydrogen-bond donors (Lipinski definition) is 2. The first-order valence-electron chi connectivity index (χ1n) is 7.45. The molecule has 5 heteroatoms. The number of carbonyl (C=O) groups is 1. The molecule has 0 spiro atoms. The number of carbonyl (C=O) groups excluding carboxylic acids is 1. The highest BCUT2D eigenvalue weighted by molar-refractivity contribution is 5.85. The average Bonchev–Trinajstić information content (AvgIpc) is 2.55. The summed E-state index contributed by atoms with van der Waals surface area (Å²) < 4.78 is 5.74. The molecule has 2 aromatic carbocycles. The molecule has 0 bridgehead atoms. The predicted octanol–water partition coefficient (Wildman–Crippen LogP) is 2.57. The van der Waals surface area contributed by atoms with E-state index in [9.17, 15) is 4.79 Å². The summed E-state index contributed by atoms with van der Waals surface area (Å²) in [4.78, 5) is 11.3. The lowest BCUT2D eigenvalue weighted by Gasteiger charge is -2.08. The highest BCUT2D eigenvalue weighted by atomic mass is 35.5. The molecule has 0 radical (unpaired) electrons. The largest absolute Gasteiger partial charge is 0.489 e. The molecule has 0 saturated carbocycles. The van der Waals surface area contributed by atoms with E-state index in [1.54, 1.807) is 7.05 Å². The predicted molar refractivity (Wildman–Crippen MR) is 95.1 cm³/mol. The lowest BCUT2D eigenvalue weighted by molar-refractivity contribution is -0.120. The van der Waals surface area contributed by atoms with Crippen molar-refractivity contribution in [1.82, 2.24) is 10.6 Å². The van der Waals surface area contributed by atoms with Gasteiger partial charge in [0.15, 0.2) is 0 Å². The number of hydrogen-bond acceptors (Lipinski definition) is 3. The van der Waals surface area contributed by atoms with Crippen LogP contribution in [0.2, 0.25) is 0 Å². The van der Waals surface area contributed by atoms with Crippen LogP contribution in [0.1, 0.15) is 11.1 Å². The highest BCUT2D eigenvalue weighted by Crippen LogP contribution is 2.14. The monoisotopic (exact) mass is 334 g/mol. The van der Waals surface area contributed by atoms with E-state index in [0.717, 1.165) is 17.7 Å². The summed E-state index contributed by atoms with van der Waals surface area (Å²) in [6.45, 7) is 1.57. The molecule has 0 aliphatic heterocycles. The summed E-state index contributed by atoms with van der Waals surface area (Å²) in [5, 5.41) is 5.68. The van der Waals surface area contributed by atoms with Crippen molar-refractivity contribution in [3.63, 3.8) is 0 Å². The summed E-state index contributed by atoms with van der Waals surface area (Å²) >= 11 is 0.